The van der Waals surface area contributed by atoms with Crippen LogP contribution in [0, 0.1) is 11.7 Å². The molecule has 2 aliphatic heterocycles. The average molecular weight is 585 g/mol. The number of amides is 4. The highest BCUT2D eigenvalue weighted by Crippen LogP contribution is 2.46. The summed E-state index contributed by atoms with van der Waals surface area (Å²) in [4.78, 5) is 52.0. The van der Waals surface area contributed by atoms with E-state index in [4.69, 9.17) is 22.1 Å². The van der Waals surface area contributed by atoms with Gasteiger partial charge in [-0.1, -0.05) is 36.2 Å². The Morgan fingerprint density at radius 1 is 1.18 bits per heavy atom. The summed E-state index contributed by atoms with van der Waals surface area (Å²) < 4.78 is 47.2. The van der Waals surface area contributed by atoms with Gasteiger partial charge in [-0.15, -0.1) is 0 Å². The molecule has 1 saturated carbocycles. The van der Waals surface area contributed by atoms with Crippen molar-refractivity contribution in [3.05, 3.63) is 41.2 Å². The molecule has 0 bridgehead atoms. The molecule has 0 aromatic heterocycles. The zero-order valence-electron chi connectivity index (χ0n) is 21.0. The Morgan fingerprint density at radius 2 is 1.95 bits per heavy atom. The molecule has 0 spiro atoms. The van der Waals surface area contributed by atoms with Crippen LogP contribution in [-0.2, 0) is 29.1 Å². The molecule has 4 amide bonds. The third kappa shape index (κ3) is 6.19. The smallest absolute Gasteiger partial charge is 0.405 e. The number of primary amides is 1. The number of nitrogens with zero attached hydrogens (tertiary/aromatic N) is 1. The van der Waals surface area contributed by atoms with Crippen LogP contribution in [0.4, 0.5) is 9.18 Å². The van der Waals surface area contributed by atoms with Gasteiger partial charge in [-0.25, -0.2) is 22.3 Å². The Balaban J connectivity index is 1.60. The van der Waals surface area contributed by atoms with Crippen molar-refractivity contribution in [1.29, 1.82) is 0 Å². The standard InChI is InChI=1S/C25H30ClFN4O7S/c26-16-9-6-12-19(20(16)27)39(36,37)30-23(34)25-14-15(25)8-4-2-1-3-5-11-18(38-24(28)35)22(33)31-13-7-10-17(31)21(32)29-25/h4,6,8-9,12,15,17-18H,1-3,5,7,10-11,13-14H2,(H2,28,35)(H,29,32)(H,30,34). The minimum absolute atomic E-state index is 0.114. The Kier molecular flexibility index (Phi) is 8.50. The van der Waals surface area contributed by atoms with E-state index < -0.39 is 73.2 Å². The van der Waals surface area contributed by atoms with Crippen LogP contribution in [0.2, 0.25) is 5.02 Å². The van der Waals surface area contributed by atoms with Crippen molar-refractivity contribution < 1.29 is 36.7 Å². The van der Waals surface area contributed by atoms with Gasteiger partial charge in [0.2, 0.25) is 5.91 Å². The number of benzene rings is 1. The summed E-state index contributed by atoms with van der Waals surface area (Å²) in [6.07, 6.45) is 5.24. The Labute approximate surface area is 230 Å². The van der Waals surface area contributed by atoms with Crippen molar-refractivity contribution in [3.8, 4) is 0 Å². The predicted molar refractivity (Wildman–Crippen MR) is 137 cm³/mol. The lowest BCUT2D eigenvalue weighted by Crippen LogP contribution is -2.57. The van der Waals surface area contributed by atoms with Crippen molar-refractivity contribution in [2.45, 2.75) is 73.9 Å². The van der Waals surface area contributed by atoms with Gasteiger partial charge in [0.15, 0.2) is 11.9 Å². The maximum Gasteiger partial charge on any atom is 0.405 e. The number of ether oxygens (including phenoxy) is 1. The number of carbonyl (C=O) groups excluding carboxylic acids is 4. The monoisotopic (exact) mass is 584 g/mol. The highest BCUT2D eigenvalue weighted by Gasteiger charge is 2.61. The normalized spacial score (nSPS) is 27.8. The lowest BCUT2D eigenvalue weighted by Gasteiger charge is -2.29. The van der Waals surface area contributed by atoms with Crippen molar-refractivity contribution in [2.24, 2.45) is 11.7 Å². The first-order valence-corrected chi connectivity index (χ1v) is 14.6. The first-order chi connectivity index (χ1) is 18.5. The highest BCUT2D eigenvalue weighted by atomic mass is 35.5. The van der Waals surface area contributed by atoms with E-state index in [-0.39, 0.29) is 19.4 Å². The fourth-order valence-electron chi connectivity index (χ4n) is 5.13. The Morgan fingerprint density at radius 3 is 2.69 bits per heavy atom. The molecule has 4 atom stereocenters. The molecule has 4 N–H and O–H groups in total. The van der Waals surface area contributed by atoms with Crippen molar-refractivity contribution in [1.82, 2.24) is 14.9 Å². The van der Waals surface area contributed by atoms with Gasteiger partial charge in [-0.05, 0) is 57.1 Å². The van der Waals surface area contributed by atoms with Crippen LogP contribution in [0.3, 0.4) is 0 Å². The van der Waals surface area contributed by atoms with Gasteiger partial charge in [0.1, 0.15) is 16.5 Å². The van der Waals surface area contributed by atoms with Crippen LogP contribution in [0.5, 0.6) is 0 Å². The molecule has 14 heteroatoms. The molecule has 2 fully saturated rings. The van der Waals surface area contributed by atoms with E-state index in [9.17, 15) is 32.0 Å². The fourth-order valence-corrected chi connectivity index (χ4v) is 6.51. The van der Waals surface area contributed by atoms with Gasteiger partial charge < -0.3 is 20.7 Å². The first kappa shape index (κ1) is 28.8. The molecule has 212 valence electrons. The van der Waals surface area contributed by atoms with E-state index in [1.807, 2.05) is 10.8 Å². The molecule has 3 aliphatic rings. The van der Waals surface area contributed by atoms with Gasteiger partial charge in [-0.2, -0.15) is 0 Å². The summed E-state index contributed by atoms with van der Waals surface area (Å²) in [6.45, 7) is 0.237. The number of fused-ring (bicyclic) bond motifs is 2. The number of sulfonamides is 1. The number of hydrogen-bond donors (Lipinski definition) is 3. The first-order valence-electron chi connectivity index (χ1n) is 12.7. The molecule has 11 nitrogen and oxygen atoms in total. The second-order valence-electron chi connectivity index (χ2n) is 9.94. The molecule has 39 heavy (non-hydrogen) atoms. The van der Waals surface area contributed by atoms with E-state index in [0.29, 0.717) is 25.7 Å². The maximum atomic E-state index is 14.4. The maximum absolute atomic E-state index is 14.4. The average Bonchev–Trinajstić information content (AvgIpc) is 3.33. The van der Waals surface area contributed by atoms with Crippen LogP contribution < -0.4 is 15.8 Å². The van der Waals surface area contributed by atoms with Gasteiger partial charge in [0, 0.05) is 12.5 Å². The molecule has 1 aliphatic carbocycles. The van der Waals surface area contributed by atoms with Crippen LogP contribution >= 0.6 is 11.6 Å². The molecule has 1 aromatic rings. The number of nitrogens with two attached hydrogens (primary N) is 1. The molecule has 2 heterocycles. The van der Waals surface area contributed by atoms with Gasteiger partial charge in [-0.3, -0.25) is 14.4 Å². The topological polar surface area (TPSA) is 165 Å². The quantitative estimate of drug-likeness (QED) is 0.456. The van der Waals surface area contributed by atoms with Crippen LogP contribution in [0.25, 0.3) is 0 Å². The summed E-state index contributed by atoms with van der Waals surface area (Å²) in [5.41, 5.74) is 3.56. The molecule has 0 radical (unpaired) electrons. The van der Waals surface area contributed by atoms with Gasteiger partial charge in [0.25, 0.3) is 21.8 Å². The van der Waals surface area contributed by atoms with Crippen molar-refractivity contribution in [2.75, 3.05) is 6.54 Å². The zero-order chi connectivity index (χ0) is 28.4. The largest absolute Gasteiger partial charge is 0.436 e. The van der Waals surface area contributed by atoms with E-state index in [2.05, 4.69) is 5.32 Å². The summed E-state index contributed by atoms with van der Waals surface area (Å²) in [7, 11) is -4.66. The van der Waals surface area contributed by atoms with Crippen molar-refractivity contribution >= 4 is 45.4 Å². The molecular weight excluding hydrogens is 555 g/mol. The number of hydrogen-bond acceptors (Lipinski definition) is 7. The Hall–Kier alpha value is -3.19. The Bertz CT molecular complexity index is 1310. The van der Waals surface area contributed by atoms with Crippen LogP contribution in [0.15, 0.2) is 35.2 Å². The van der Waals surface area contributed by atoms with E-state index >= 15 is 0 Å². The predicted octanol–water partition coefficient (Wildman–Crippen LogP) is 2.13. The summed E-state index contributed by atoms with van der Waals surface area (Å²) in [6, 6.07) is 2.42. The molecule has 4 rings (SSSR count). The third-order valence-corrected chi connectivity index (χ3v) is 8.92. The van der Waals surface area contributed by atoms with E-state index in [0.717, 1.165) is 18.9 Å². The number of nitrogens with one attached hydrogen (secondary N) is 2. The fraction of sp³-hybridized carbons (Fsp3) is 0.520. The summed E-state index contributed by atoms with van der Waals surface area (Å²) in [5.74, 6) is -3.94. The zero-order valence-corrected chi connectivity index (χ0v) is 22.6. The van der Waals surface area contributed by atoms with E-state index in [1.165, 1.54) is 17.0 Å². The van der Waals surface area contributed by atoms with Gasteiger partial charge in [0.05, 0.1) is 5.02 Å². The summed E-state index contributed by atoms with van der Waals surface area (Å²) in [5, 5.41) is 2.24. The van der Waals surface area contributed by atoms with Gasteiger partial charge >= 0.3 is 6.09 Å². The lowest BCUT2D eigenvalue weighted by molar-refractivity contribution is -0.146. The molecule has 4 unspecified atom stereocenters. The van der Waals surface area contributed by atoms with Crippen molar-refractivity contribution in [3.63, 3.8) is 0 Å². The number of allylic oxidation sites excluding steroid dienone is 1. The van der Waals surface area contributed by atoms with Crippen LogP contribution in [0.1, 0.15) is 51.4 Å². The number of halogens is 2. The second-order valence-corrected chi connectivity index (χ2v) is 12.0. The number of carbonyl (C=O) groups is 4. The van der Waals surface area contributed by atoms with Crippen LogP contribution in [-0.4, -0.2) is 61.4 Å². The highest BCUT2D eigenvalue weighted by molar-refractivity contribution is 7.90. The minimum Gasteiger partial charge on any atom is -0.436 e. The van der Waals surface area contributed by atoms with E-state index in [1.54, 1.807) is 6.08 Å². The number of rotatable bonds is 4. The minimum atomic E-state index is -4.66. The molecular formula is C25H30ClFN4O7S. The molecule has 1 saturated heterocycles. The second kappa shape index (κ2) is 11.5. The third-order valence-electron chi connectivity index (χ3n) is 7.28. The SMILES string of the molecule is NC(=O)OC1CCCCCC=CC2CC2(C(=O)NS(=O)(=O)c2cccc(Cl)c2F)NC(=O)C2CCCN2C1=O. The summed E-state index contributed by atoms with van der Waals surface area (Å²) >= 11 is 5.71. The lowest BCUT2D eigenvalue weighted by atomic mass is 10.1. The molecule has 1 aromatic carbocycles.